The lowest BCUT2D eigenvalue weighted by atomic mass is 10.0. The number of benzene rings is 1. The van der Waals surface area contributed by atoms with Crippen LogP contribution in [0.1, 0.15) is 49.2 Å². The smallest absolute Gasteiger partial charge is 0.285 e. The molecule has 3 heterocycles. The van der Waals surface area contributed by atoms with Gasteiger partial charge in [-0.05, 0) is 13.8 Å². The van der Waals surface area contributed by atoms with Crippen LogP contribution >= 0.6 is 0 Å². The molecule has 170 valence electrons. The van der Waals surface area contributed by atoms with Crippen LogP contribution in [-0.4, -0.2) is 34.0 Å². The number of rotatable bonds is 6. The van der Waals surface area contributed by atoms with Gasteiger partial charge in [0, 0.05) is 24.5 Å². The van der Waals surface area contributed by atoms with E-state index >= 15 is 0 Å². The normalized spacial score (nSPS) is 15.8. The van der Waals surface area contributed by atoms with Gasteiger partial charge in [0.2, 0.25) is 0 Å². The van der Waals surface area contributed by atoms with E-state index in [4.69, 9.17) is 9.57 Å². The lowest BCUT2D eigenvalue weighted by Gasteiger charge is -2.24. The average molecular weight is 448 g/mol. The van der Waals surface area contributed by atoms with Gasteiger partial charge >= 0.3 is 0 Å². The van der Waals surface area contributed by atoms with Gasteiger partial charge in [-0.3, -0.25) is 4.79 Å². The predicted octanol–water partition coefficient (Wildman–Crippen LogP) is 3.96. The first-order valence-corrected chi connectivity index (χ1v) is 10.3. The maximum atomic E-state index is 14.6. The molecular weight excluding hydrogens is 425 g/mol. The molecule has 0 unspecified atom stereocenters. The van der Waals surface area contributed by atoms with Crippen LogP contribution in [0.15, 0.2) is 35.3 Å². The third-order valence-corrected chi connectivity index (χ3v) is 5.35. The Bertz CT molecular complexity index is 1180. The molecule has 1 fully saturated rings. The van der Waals surface area contributed by atoms with Gasteiger partial charge in [0.25, 0.3) is 12.0 Å². The molecule has 10 heteroatoms. The summed E-state index contributed by atoms with van der Waals surface area (Å²) in [6, 6.07) is 4.56. The van der Waals surface area contributed by atoms with E-state index in [1.54, 1.807) is 13.8 Å². The third kappa shape index (κ3) is 4.55. The minimum absolute atomic E-state index is 0.0824. The van der Waals surface area contributed by atoms with E-state index in [2.05, 4.69) is 15.3 Å². The lowest BCUT2D eigenvalue weighted by Crippen LogP contribution is -2.36. The van der Waals surface area contributed by atoms with Gasteiger partial charge in [0.05, 0.1) is 41.9 Å². The van der Waals surface area contributed by atoms with Gasteiger partial charge < -0.3 is 14.9 Å². The number of nitrogens with one attached hydrogen (secondary N) is 1. The average Bonchev–Trinajstić information content (AvgIpc) is 2.75. The fraction of sp³-hybridized carbons (Fsp3) is 0.409. The van der Waals surface area contributed by atoms with Crippen molar-refractivity contribution in [2.24, 2.45) is 0 Å². The monoisotopic (exact) mass is 448 g/mol. The Hall–Kier alpha value is -3.14. The minimum Gasteiger partial charge on any atom is -0.407 e. The van der Waals surface area contributed by atoms with Crippen molar-refractivity contribution >= 4 is 16.7 Å². The zero-order valence-corrected chi connectivity index (χ0v) is 17.6. The van der Waals surface area contributed by atoms with Gasteiger partial charge in [0.1, 0.15) is 23.6 Å². The number of aryl methyl sites for hydroxylation is 1. The Morgan fingerprint density at radius 1 is 1.22 bits per heavy atom. The predicted molar refractivity (Wildman–Crippen MR) is 112 cm³/mol. The number of aromatic nitrogens is 3. The van der Waals surface area contributed by atoms with Crippen molar-refractivity contribution in [3.63, 3.8) is 0 Å². The standard InChI is InChI=1S/C22H23F3N4O3/c1-12(15-4-3-5-16(20(15)23)21(24)25)26-22-17-11-29(32-14-6-8-31-9-7-14)19(30)10-18(17)27-13(2)28-22/h3-5,10-12,14,21H,6-9H2,1-2H3,(H,26,27,28)/t12-/m1/s1. The van der Waals surface area contributed by atoms with Crippen LogP contribution in [0.25, 0.3) is 10.9 Å². The van der Waals surface area contributed by atoms with Crippen LogP contribution in [0.3, 0.4) is 0 Å². The van der Waals surface area contributed by atoms with Gasteiger partial charge in [0.15, 0.2) is 0 Å². The SMILES string of the molecule is Cc1nc(N[C@H](C)c2cccc(C(F)F)c2F)c2cn(OC3CCOCC3)c(=O)cc2n1. The number of hydrogen-bond donors (Lipinski definition) is 1. The highest BCUT2D eigenvalue weighted by Gasteiger charge is 2.21. The zero-order chi connectivity index (χ0) is 22.8. The van der Waals surface area contributed by atoms with E-state index < -0.39 is 23.8 Å². The van der Waals surface area contributed by atoms with Crippen LogP contribution in [0.2, 0.25) is 0 Å². The summed E-state index contributed by atoms with van der Waals surface area (Å²) in [5.41, 5.74) is -0.555. The Labute approximate surface area is 182 Å². The molecule has 32 heavy (non-hydrogen) atoms. The highest BCUT2D eigenvalue weighted by Crippen LogP contribution is 2.30. The first-order valence-electron chi connectivity index (χ1n) is 10.3. The van der Waals surface area contributed by atoms with Crippen LogP contribution in [-0.2, 0) is 4.74 Å². The molecule has 0 bridgehead atoms. The Kier molecular flexibility index (Phi) is 6.31. The van der Waals surface area contributed by atoms with Crippen molar-refractivity contribution in [1.29, 1.82) is 0 Å². The first-order chi connectivity index (χ1) is 15.3. The Morgan fingerprint density at radius 3 is 2.66 bits per heavy atom. The quantitative estimate of drug-likeness (QED) is 0.615. The van der Waals surface area contributed by atoms with E-state index in [1.165, 1.54) is 24.4 Å². The molecule has 0 aliphatic carbocycles. The summed E-state index contributed by atoms with van der Waals surface area (Å²) in [7, 11) is 0. The number of alkyl halides is 2. The molecule has 0 spiro atoms. The number of anilines is 1. The van der Waals surface area contributed by atoms with E-state index in [1.807, 2.05) is 0 Å². The number of pyridine rings is 1. The number of hydrogen-bond acceptors (Lipinski definition) is 6. The van der Waals surface area contributed by atoms with Crippen LogP contribution in [0.4, 0.5) is 19.0 Å². The number of nitrogens with zero attached hydrogens (tertiary/aromatic N) is 3. The second kappa shape index (κ2) is 9.15. The molecule has 4 rings (SSSR count). The highest BCUT2D eigenvalue weighted by atomic mass is 19.3. The van der Waals surface area contributed by atoms with Crippen LogP contribution in [0, 0.1) is 12.7 Å². The van der Waals surface area contributed by atoms with E-state index in [0.29, 0.717) is 48.6 Å². The molecule has 1 atom stereocenters. The number of ether oxygens (including phenoxy) is 1. The molecule has 1 N–H and O–H groups in total. The molecule has 2 aromatic heterocycles. The largest absolute Gasteiger partial charge is 0.407 e. The second-order valence-electron chi connectivity index (χ2n) is 7.69. The number of fused-ring (bicyclic) bond motifs is 1. The fourth-order valence-corrected chi connectivity index (χ4v) is 3.69. The fourth-order valence-electron chi connectivity index (χ4n) is 3.69. The Morgan fingerprint density at radius 2 is 1.94 bits per heavy atom. The van der Waals surface area contributed by atoms with E-state index in [-0.39, 0.29) is 17.2 Å². The second-order valence-corrected chi connectivity index (χ2v) is 7.69. The molecule has 0 amide bonds. The summed E-state index contributed by atoms with van der Waals surface area (Å²) in [6.07, 6.45) is -0.256. The van der Waals surface area contributed by atoms with Gasteiger partial charge in [-0.1, -0.05) is 18.2 Å². The summed E-state index contributed by atoms with van der Waals surface area (Å²) in [4.78, 5) is 27.0. The summed E-state index contributed by atoms with van der Waals surface area (Å²) in [5.74, 6) is -0.222. The van der Waals surface area contributed by atoms with Crippen LogP contribution in [0.5, 0.6) is 0 Å². The van der Waals surface area contributed by atoms with Gasteiger partial charge in [-0.2, -0.15) is 4.73 Å². The van der Waals surface area contributed by atoms with Crippen molar-refractivity contribution in [2.45, 2.75) is 45.3 Å². The van der Waals surface area contributed by atoms with Gasteiger partial charge in [-0.15, -0.1) is 0 Å². The minimum atomic E-state index is -2.92. The molecule has 1 aliphatic heterocycles. The van der Waals surface area contributed by atoms with E-state index in [9.17, 15) is 18.0 Å². The molecule has 1 aromatic carbocycles. The van der Waals surface area contributed by atoms with Crippen molar-refractivity contribution in [1.82, 2.24) is 14.7 Å². The summed E-state index contributed by atoms with van der Waals surface area (Å²) in [6.45, 7) is 4.43. The lowest BCUT2D eigenvalue weighted by molar-refractivity contribution is -0.0411. The topological polar surface area (TPSA) is 78.3 Å². The van der Waals surface area contributed by atoms with Crippen molar-refractivity contribution in [2.75, 3.05) is 18.5 Å². The van der Waals surface area contributed by atoms with Crippen molar-refractivity contribution < 1.29 is 22.7 Å². The summed E-state index contributed by atoms with van der Waals surface area (Å²) >= 11 is 0. The zero-order valence-electron chi connectivity index (χ0n) is 17.6. The molecule has 3 aromatic rings. The Balaban J connectivity index is 1.69. The molecular formula is C22H23F3N4O3. The molecule has 1 aliphatic rings. The summed E-state index contributed by atoms with van der Waals surface area (Å²) in [5, 5.41) is 3.56. The molecule has 0 radical (unpaired) electrons. The summed E-state index contributed by atoms with van der Waals surface area (Å²) < 4.78 is 47.3. The van der Waals surface area contributed by atoms with Crippen LogP contribution < -0.4 is 15.7 Å². The molecule has 1 saturated heterocycles. The van der Waals surface area contributed by atoms with Gasteiger partial charge in [-0.25, -0.2) is 23.1 Å². The van der Waals surface area contributed by atoms with Crippen molar-refractivity contribution in [3.8, 4) is 0 Å². The molecule has 7 nitrogen and oxygen atoms in total. The molecule has 0 saturated carbocycles. The highest BCUT2D eigenvalue weighted by molar-refractivity contribution is 5.88. The third-order valence-electron chi connectivity index (χ3n) is 5.35. The maximum Gasteiger partial charge on any atom is 0.285 e. The first kappa shape index (κ1) is 22.1. The van der Waals surface area contributed by atoms with Crippen molar-refractivity contribution in [3.05, 3.63) is 63.6 Å². The number of halogens is 3. The van der Waals surface area contributed by atoms with E-state index in [0.717, 1.165) is 10.8 Å². The maximum absolute atomic E-state index is 14.6.